The first kappa shape index (κ1) is 13.7. The number of hydrogen-bond donors (Lipinski definition) is 0. The molecule has 1 aromatic carbocycles. The van der Waals surface area contributed by atoms with Crippen molar-refractivity contribution >= 4 is 5.78 Å². The van der Waals surface area contributed by atoms with Gasteiger partial charge in [-0.2, -0.15) is 0 Å². The summed E-state index contributed by atoms with van der Waals surface area (Å²) in [5, 5.41) is 0. The van der Waals surface area contributed by atoms with Gasteiger partial charge in [-0.25, -0.2) is 0 Å². The summed E-state index contributed by atoms with van der Waals surface area (Å²) in [5.41, 5.74) is 1.78. The van der Waals surface area contributed by atoms with Crippen molar-refractivity contribution in [3.63, 3.8) is 0 Å². The molecule has 1 rings (SSSR count). The van der Waals surface area contributed by atoms with Gasteiger partial charge in [-0.15, -0.1) is 0 Å². The molecule has 17 heavy (non-hydrogen) atoms. The second-order valence-corrected chi connectivity index (χ2v) is 4.56. The third-order valence-corrected chi connectivity index (χ3v) is 2.52. The van der Waals surface area contributed by atoms with E-state index in [9.17, 15) is 4.79 Å². The topological polar surface area (TPSA) is 29.5 Å². The number of aryl methyl sites for hydroxylation is 1. The molecule has 0 heterocycles. The number of carbonyl (C=O) groups excluding carboxylic acids is 1. The van der Waals surface area contributed by atoms with E-state index in [0.717, 1.165) is 18.5 Å². The first-order valence-electron chi connectivity index (χ1n) is 5.90. The summed E-state index contributed by atoms with van der Waals surface area (Å²) in [6.45, 7) is 5.19. The number of ether oxygens (including phenoxy) is 1. The highest BCUT2D eigenvalue weighted by Gasteiger charge is 2.08. The Balaban J connectivity index is 2.62. The summed E-state index contributed by atoms with van der Waals surface area (Å²) in [4.78, 5) is 13.5. The Morgan fingerprint density at radius 1 is 1.35 bits per heavy atom. The maximum absolute atomic E-state index is 11.4. The van der Waals surface area contributed by atoms with Crippen LogP contribution in [-0.4, -0.2) is 37.9 Å². The molecule has 0 N–H and O–H groups in total. The monoisotopic (exact) mass is 235 g/mol. The fourth-order valence-corrected chi connectivity index (χ4v) is 1.60. The van der Waals surface area contributed by atoms with Crippen LogP contribution in [0.1, 0.15) is 29.3 Å². The molecule has 0 aromatic heterocycles. The highest BCUT2D eigenvalue weighted by molar-refractivity contribution is 5.96. The fraction of sp³-hybridized carbons (Fsp3) is 0.500. The zero-order valence-corrected chi connectivity index (χ0v) is 11.1. The Morgan fingerprint density at radius 3 is 2.65 bits per heavy atom. The predicted molar refractivity (Wildman–Crippen MR) is 69.8 cm³/mol. The lowest BCUT2D eigenvalue weighted by Gasteiger charge is -2.12. The van der Waals surface area contributed by atoms with Crippen LogP contribution in [0.25, 0.3) is 0 Å². The quantitative estimate of drug-likeness (QED) is 0.560. The average molecular weight is 235 g/mol. The van der Waals surface area contributed by atoms with Crippen LogP contribution in [0.5, 0.6) is 5.75 Å². The van der Waals surface area contributed by atoms with Gasteiger partial charge in [-0.1, -0.05) is 6.07 Å². The van der Waals surface area contributed by atoms with Crippen LogP contribution in [0, 0.1) is 6.92 Å². The fourth-order valence-electron chi connectivity index (χ4n) is 1.60. The first-order chi connectivity index (χ1) is 8.00. The first-order valence-corrected chi connectivity index (χ1v) is 5.90. The van der Waals surface area contributed by atoms with Crippen LogP contribution in [0.15, 0.2) is 18.2 Å². The molecule has 3 heteroatoms. The summed E-state index contributed by atoms with van der Waals surface area (Å²) < 4.78 is 5.68. The van der Waals surface area contributed by atoms with Gasteiger partial charge in [0, 0.05) is 6.54 Å². The van der Waals surface area contributed by atoms with Crippen molar-refractivity contribution in [2.45, 2.75) is 20.3 Å². The second-order valence-electron chi connectivity index (χ2n) is 4.56. The van der Waals surface area contributed by atoms with E-state index in [1.165, 1.54) is 0 Å². The normalized spacial score (nSPS) is 10.6. The lowest BCUT2D eigenvalue weighted by molar-refractivity contribution is 0.101. The minimum absolute atomic E-state index is 0.0487. The molecule has 0 amide bonds. The van der Waals surface area contributed by atoms with Crippen molar-refractivity contribution < 1.29 is 9.53 Å². The largest absolute Gasteiger partial charge is 0.493 e. The van der Waals surface area contributed by atoms with Crippen molar-refractivity contribution in [3.8, 4) is 5.75 Å². The van der Waals surface area contributed by atoms with Crippen molar-refractivity contribution in [2.24, 2.45) is 0 Å². The molecule has 0 spiro atoms. The molecule has 0 radical (unpaired) electrons. The molecule has 0 saturated carbocycles. The maximum Gasteiger partial charge on any atom is 0.163 e. The molecule has 0 bridgehead atoms. The molecule has 0 fully saturated rings. The number of benzene rings is 1. The van der Waals surface area contributed by atoms with Crippen molar-refractivity contribution in [3.05, 3.63) is 29.3 Å². The zero-order valence-electron chi connectivity index (χ0n) is 11.1. The molecule has 0 aliphatic carbocycles. The van der Waals surface area contributed by atoms with Crippen LogP contribution in [0.4, 0.5) is 0 Å². The number of carbonyl (C=O) groups is 1. The Bertz CT molecular complexity index is 386. The van der Waals surface area contributed by atoms with Crippen LogP contribution < -0.4 is 4.74 Å². The lowest BCUT2D eigenvalue weighted by atomic mass is 10.1. The van der Waals surface area contributed by atoms with Crippen molar-refractivity contribution in [1.29, 1.82) is 0 Å². The molecular weight excluding hydrogens is 214 g/mol. The number of nitrogens with zero attached hydrogens (tertiary/aromatic N) is 1. The average Bonchev–Trinajstić information content (AvgIpc) is 2.23. The van der Waals surface area contributed by atoms with Gasteiger partial charge in [0.05, 0.1) is 12.2 Å². The molecule has 0 aliphatic heterocycles. The SMILES string of the molecule is CC(=O)c1ccc(C)cc1OCCCN(C)C. The molecule has 94 valence electrons. The van der Waals surface area contributed by atoms with Crippen molar-refractivity contribution in [1.82, 2.24) is 4.90 Å². The zero-order chi connectivity index (χ0) is 12.8. The standard InChI is InChI=1S/C14H21NO2/c1-11-6-7-13(12(2)16)14(10-11)17-9-5-8-15(3)4/h6-7,10H,5,8-9H2,1-4H3. The molecule has 1 aromatic rings. The van der Waals surface area contributed by atoms with E-state index in [0.29, 0.717) is 17.9 Å². The Morgan fingerprint density at radius 2 is 2.06 bits per heavy atom. The maximum atomic E-state index is 11.4. The number of rotatable bonds is 6. The van der Waals surface area contributed by atoms with Gasteiger partial charge in [0.1, 0.15) is 5.75 Å². The third-order valence-electron chi connectivity index (χ3n) is 2.52. The van der Waals surface area contributed by atoms with E-state index in [1.807, 2.05) is 39.2 Å². The molecule has 3 nitrogen and oxygen atoms in total. The summed E-state index contributed by atoms with van der Waals surface area (Å²) >= 11 is 0. The summed E-state index contributed by atoms with van der Waals surface area (Å²) in [6.07, 6.45) is 0.957. The van der Waals surface area contributed by atoms with Crippen molar-refractivity contribution in [2.75, 3.05) is 27.2 Å². The molecule has 0 unspecified atom stereocenters. The second kappa shape index (κ2) is 6.40. The van der Waals surface area contributed by atoms with Crippen LogP contribution in [0.2, 0.25) is 0 Å². The predicted octanol–water partition coefficient (Wildman–Crippen LogP) is 2.53. The van der Waals surface area contributed by atoms with Gasteiger partial charge in [-0.05, 0) is 52.1 Å². The summed E-state index contributed by atoms with van der Waals surface area (Å²) in [6, 6.07) is 5.69. The third kappa shape index (κ3) is 4.57. The van der Waals surface area contributed by atoms with E-state index in [-0.39, 0.29) is 5.78 Å². The summed E-state index contributed by atoms with van der Waals surface area (Å²) in [5.74, 6) is 0.754. The van der Waals surface area contributed by atoms with E-state index in [2.05, 4.69) is 4.90 Å². The highest BCUT2D eigenvalue weighted by Crippen LogP contribution is 2.21. The minimum Gasteiger partial charge on any atom is -0.493 e. The smallest absolute Gasteiger partial charge is 0.163 e. The van der Waals surface area contributed by atoms with E-state index in [1.54, 1.807) is 6.92 Å². The highest BCUT2D eigenvalue weighted by atomic mass is 16.5. The van der Waals surface area contributed by atoms with Gasteiger partial charge in [-0.3, -0.25) is 4.79 Å². The van der Waals surface area contributed by atoms with Gasteiger partial charge in [0.25, 0.3) is 0 Å². The molecule has 0 aliphatic rings. The Kier molecular flexibility index (Phi) is 5.16. The van der Waals surface area contributed by atoms with Gasteiger partial charge >= 0.3 is 0 Å². The van der Waals surface area contributed by atoms with E-state index in [4.69, 9.17) is 4.74 Å². The van der Waals surface area contributed by atoms with Gasteiger partial charge < -0.3 is 9.64 Å². The lowest BCUT2D eigenvalue weighted by Crippen LogP contribution is -2.16. The van der Waals surface area contributed by atoms with Gasteiger partial charge in [0.15, 0.2) is 5.78 Å². The van der Waals surface area contributed by atoms with E-state index < -0.39 is 0 Å². The summed E-state index contributed by atoms with van der Waals surface area (Å²) in [7, 11) is 4.07. The van der Waals surface area contributed by atoms with Crippen LogP contribution in [-0.2, 0) is 0 Å². The Hall–Kier alpha value is -1.35. The minimum atomic E-state index is 0.0487. The van der Waals surface area contributed by atoms with E-state index >= 15 is 0 Å². The molecular formula is C14H21NO2. The van der Waals surface area contributed by atoms with Gasteiger partial charge in [0.2, 0.25) is 0 Å². The molecule has 0 saturated heterocycles. The molecule has 0 atom stereocenters. The number of hydrogen-bond acceptors (Lipinski definition) is 3. The van der Waals surface area contributed by atoms with Crippen LogP contribution >= 0.6 is 0 Å². The van der Waals surface area contributed by atoms with Crippen LogP contribution in [0.3, 0.4) is 0 Å². The number of ketones is 1. The number of Topliss-reactive ketones (excluding diaryl/α,β-unsaturated/α-hetero) is 1. The Labute approximate surface area is 103 Å².